The van der Waals surface area contributed by atoms with Crippen molar-refractivity contribution in [3.8, 4) is 0 Å². The van der Waals surface area contributed by atoms with Crippen LogP contribution in [0.25, 0.3) is 0 Å². The van der Waals surface area contributed by atoms with E-state index in [4.69, 9.17) is 0 Å². The first-order valence-corrected chi connectivity index (χ1v) is 5.04. The molecule has 0 aromatic carbocycles. The zero-order chi connectivity index (χ0) is 10.2. The van der Waals surface area contributed by atoms with Crippen LogP contribution in [0.4, 0.5) is 18.3 Å². The van der Waals surface area contributed by atoms with Gasteiger partial charge in [-0.1, -0.05) is 11.3 Å². The van der Waals surface area contributed by atoms with Crippen molar-refractivity contribution in [1.82, 2.24) is 10.2 Å². The highest BCUT2D eigenvalue weighted by atomic mass is 32.1. The minimum absolute atomic E-state index is 0.384. The zero-order valence-corrected chi connectivity index (χ0v) is 8.03. The van der Waals surface area contributed by atoms with Crippen molar-refractivity contribution in [3.63, 3.8) is 0 Å². The third kappa shape index (κ3) is 1.82. The van der Waals surface area contributed by atoms with Crippen LogP contribution in [0, 0.1) is 0 Å². The largest absolute Gasteiger partial charge is 0.445 e. The molecule has 7 heteroatoms. The summed E-state index contributed by atoms with van der Waals surface area (Å²) in [6, 6.07) is 0. The molecule has 0 atom stereocenters. The SMILES string of the molecule is FC(F)(F)c1nnc(N2CCCC2)s1. The number of halogens is 3. The van der Waals surface area contributed by atoms with Crippen LogP contribution in [-0.2, 0) is 6.18 Å². The Hall–Kier alpha value is -0.850. The number of alkyl halides is 3. The van der Waals surface area contributed by atoms with Gasteiger partial charge in [-0.05, 0) is 12.8 Å². The van der Waals surface area contributed by atoms with Gasteiger partial charge in [-0.15, -0.1) is 10.2 Å². The Morgan fingerprint density at radius 2 is 1.79 bits per heavy atom. The van der Waals surface area contributed by atoms with E-state index in [0.29, 0.717) is 16.5 Å². The maximum atomic E-state index is 12.2. The Kier molecular flexibility index (Phi) is 2.34. The Morgan fingerprint density at radius 3 is 2.29 bits per heavy atom. The molecule has 78 valence electrons. The molecule has 1 aromatic rings. The van der Waals surface area contributed by atoms with E-state index >= 15 is 0 Å². The molecule has 3 nitrogen and oxygen atoms in total. The standard InChI is InChI=1S/C7H8F3N3S/c8-7(9,10)5-11-12-6(14-5)13-3-1-2-4-13/h1-4H2. The van der Waals surface area contributed by atoms with Gasteiger partial charge in [-0.25, -0.2) is 0 Å². The fourth-order valence-electron chi connectivity index (χ4n) is 1.37. The first-order chi connectivity index (χ1) is 6.57. The molecular weight excluding hydrogens is 215 g/mol. The fourth-order valence-corrected chi connectivity index (χ4v) is 2.13. The smallest absolute Gasteiger partial charge is 0.347 e. The molecule has 14 heavy (non-hydrogen) atoms. The van der Waals surface area contributed by atoms with Crippen LogP contribution in [0.2, 0.25) is 0 Å². The molecule has 0 aliphatic carbocycles. The van der Waals surface area contributed by atoms with Gasteiger partial charge in [0.2, 0.25) is 10.1 Å². The summed E-state index contributed by atoms with van der Waals surface area (Å²) in [6.07, 6.45) is -2.34. The minimum Gasteiger partial charge on any atom is -0.347 e. The van der Waals surface area contributed by atoms with E-state index in [0.717, 1.165) is 25.9 Å². The van der Waals surface area contributed by atoms with E-state index in [-0.39, 0.29) is 0 Å². The molecule has 0 unspecified atom stereocenters. The molecule has 0 bridgehead atoms. The van der Waals surface area contributed by atoms with Crippen LogP contribution in [0.3, 0.4) is 0 Å². The lowest BCUT2D eigenvalue weighted by Gasteiger charge is -2.11. The van der Waals surface area contributed by atoms with Gasteiger partial charge in [0.15, 0.2) is 0 Å². The maximum Gasteiger partial charge on any atom is 0.445 e. The fraction of sp³-hybridized carbons (Fsp3) is 0.714. The number of rotatable bonds is 1. The van der Waals surface area contributed by atoms with Crippen LogP contribution in [0.5, 0.6) is 0 Å². The molecule has 1 saturated heterocycles. The number of nitrogens with zero attached hydrogens (tertiary/aromatic N) is 3. The van der Waals surface area contributed by atoms with E-state index in [1.807, 2.05) is 4.90 Å². The zero-order valence-electron chi connectivity index (χ0n) is 7.21. The van der Waals surface area contributed by atoms with Crippen molar-refractivity contribution in [2.24, 2.45) is 0 Å². The summed E-state index contributed by atoms with van der Waals surface area (Å²) in [7, 11) is 0. The molecule has 0 spiro atoms. The van der Waals surface area contributed by atoms with Gasteiger partial charge < -0.3 is 4.90 Å². The van der Waals surface area contributed by atoms with Gasteiger partial charge in [-0.3, -0.25) is 0 Å². The molecule has 1 aromatic heterocycles. The van der Waals surface area contributed by atoms with Crippen molar-refractivity contribution in [2.45, 2.75) is 19.0 Å². The van der Waals surface area contributed by atoms with Gasteiger partial charge in [-0.2, -0.15) is 13.2 Å². The van der Waals surface area contributed by atoms with Gasteiger partial charge in [0, 0.05) is 13.1 Å². The summed E-state index contributed by atoms with van der Waals surface area (Å²) < 4.78 is 36.5. The maximum absolute atomic E-state index is 12.2. The summed E-state index contributed by atoms with van der Waals surface area (Å²) >= 11 is 0.616. The molecule has 2 heterocycles. The summed E-state index contributed by atoms with van der Waals surface area (Å²) in [4.78, 5) is 1.84. The average molecular weight is 223 g/mol. The van der Waals surface area contributed by atoms with Crippen LogP contribution < -0.4 is 4.90 Å². The van der Waals surface area contributed by atoms with Crippen molar-refractivity contribution < 1.29 is 13.2 Å². The van der Waals surface area contributed by atoms with Gasteiger partial charge in [0.25, 0.3) is 0 Å². The third-order valence-corrected chi connectivity index (χ3v) is 3.06. The van der Waals surface area contributed by atoms with Gasteiger partial charge in [0.05, 0.1) is 0 Å². The lowest BCUT2D eigenvalue weighted by atomic mass is 10.4. The predicted octanol–water partition coefficient (Wildman–Crippen LogP) is 2.16. The Morgan fingerprint density at radius 1 is 1.14 bits per heavy atom. The monoisotopic (exact) mass is 223 g/mol. The molecule has 0 saturated carbocycles. The van der Waals surface area contributed by atoms with Crippen LogP contribution >= 0.6 is 11.3 Å². The molecule has 2 rings (SSSR count). The van der Waals surface area contributed by atoms with Gasteiger partial charge >= 0.3 is 6.18 Å². The van der Waals surface area contributed by atoms with Crippen molar-refractivity contribution in [1.29, 1.82) is 0 Å². The Bertz CT molecular complexity index is 316. The lowest BCUT2D eigenvalue weighted by molar-refractivity contribution is -0.138. The molecular formula is C7H8F3N3S. The lowest BCUT2D eigenvalue weighted by Crippen LogP contribution is -2.17. The second-order valence-corrected chi connectivity index (χ2v) is 4.04. The van der Waals surface area contributed by atoms with E-state index in [1.54, 1.807) is 0 Å². The molecule has 1 aliphatic heterocycles. The van der Waals surface area contributed by atoms with Crippen LogP contribution in [0.1, 0.15) is 17.8 Å². The second-order valence-electron chi connectivity index (χ2n) is 3.08. The Balaban J connectivity index is 2.17. The highest BCUT2D eigenvalue weighted by Gasteiger charge is 2.36. The Labute approximate surface area is 82.6 Å². The number of anilines is 1. The number of hydrogen-bond acceptors (Lipinski definition) is 4. The highest BCUT2D eigenvalue weighted by molar-refractivity contribution is 7.15. The van der Waals surface area contributed by atoms with Crippen molar-refractivity contribution in [2.75, 3.05) is 18.0 Å². The number of hydrogen-bond donors (Lipinski definition) is 0. The van der Waals surface area contributed by atoms with Crippen LogP contribution in [-0.4, -0.2) is 23.3 Å². The van der Waals surface area contributed by atoms with E-state index in [2.05, 4.69) is 10.2 Å². The molecule has 1 aliphatic rings. The predicted molar refractivity (Wildman–Crippen MR) is 46.4 cm³/mol. The molecule has 0 N–H and O–H groups in total. The quantitative estimate of drug-likeness (QED) is 0.730. The molecule has 0 amide bonds. The average Bonchev–Trinajstić information content (AvgIpc) is 2.73. The van der Waals surface area contributed by atoms with Crippen molar-refractivity contribution in [3.05, 3.63) is 5.01 Å². The summed E-state index contributed by atoms with van der Waals surface area (Å²) in [5, 5.41) is 6.20. The summed E-state index contributed by atoms with van der Waals surface area (Å²) in [5.74, 6) is 0. The highest BCUT2D eigenvalue weighted by Crippen LogP contribution is 2.34. The minimum atomic E-state index is -4.37. The van der Waals surface area contributed by atoms with E-state index < -0.39 is 11.2 Å². The summed E-state index contributed by atoms with van der Waals surface area (Å²) in [6.45, 7) is 1.57. The van der Waals surface area contributed by atoms with Crippen molar-refractivity contribution >= 4 is 16.5 Å². The van der Waals surface area contributed by atoms with E-state index in [1.165, 1.54) is 0 Å². The first-order valence-electron chi connectivity index (χ1n) is 4.23. The topological polar surface area (TPSA) is 29.0 Å². The number of aromatic nitrogens is 2. The van der Waals surface area contributed by atoms with E-state index in [9.17, 15) is 13.2 Å². The molecule has 0 radical (unpaired) electrons. The summed E-state index contributed by atoms with van der Waals surface area (Å²) in [5.41, 5.74) is 0. The normalized spacial score (nSPS) is 17.8. The van der Waals surface area contributed by atoms with Gasteiger partial charge in [0.1, 0.15) is 0 Å². The molecule has 1 fully saturated rings. The third-order valence-electron chi connectivity index (χ3n) is 2.03. The first kappa shape index (κ1) is 9.70. The van der Waals surface area contributed by atoms with Crippen LogP contribution in [0.15, 0.2) is 0 Å². The second kappa shape index (κ2) is 3.38.